The first-order valence-corrected chi connectivity index (χ1v) is 13.8. The summed E-state index contributed by atoms with van der Waals surface area (Å²) < 4.78 is 13.0. The molecule has 2 aromatic carbocycles. The van der Waals surface area contributed by atoms with E-state index >= 15 is 0 Å². The highest BCUT2D eigenvalue weighted by Crippen LogP contribution is 2.37. The summed E-state index contributed by atoms with van der Waals surface area (Å²) in [5.41, 5.74) is 3.27. The van der Waals surface area contributed by atoms with Gasteiger partial charge in [-0.2, -0.15) is 0 Å². The molecule has 0 bridgehead atoms. The van der Waals surface area contributed by atoms with Crippen molar-refractivity contribution in [1.29, 1.82) is 0 Å². The minimum absolute atomic E-state index is 0.0561. The predicted molar refractivity (Wildman–Crippen MR) is 150 cm³/mol. The van der Waals surface area contributed by atoms with Crippen molar-refractivity contribution in [3.8, 4) is 16.9 Å². The zero-order valence-electron chi connectivity index (χ0n) is 20.2. The lowest BCUT2D eigenvalue weighted by Crippen LogP contribution is -2.15. The van der Waals surface area contributed by atoms with Gasteiger partial charge in [0.2, 0.25) is 5.91 Å². The number of hydrogen-bond acceptors (Lipinski definition) is 5. The van der Waals surface area contributed by atoms with Crippen LogP contribution in [0.1, 0.15) is 56.5 Å². The first-order chi connectivity index (χ1) is 16.6. The third-order valence-corrected chi connectivity index (χ3v) is 7.33. The Labute approximate surface area is 227 Å². The van der Waals surface area contributed by atoms with Crippen molar-refractivity contribution in [2.24, 2.45) is 0 Å². The third kappa shape index (κ3) is 7.41. The summed E-state index contributed by atoms with van der Waals surface area (Å²) in [6, 6.07) is 13.7. The minimum atomic E-state index is -0.450. The molecule has 5 nitrogen and oxygen atoms in total. The van der Waals surface area contributed by atoms with Gasteiger partial charge in [0, 0.05) is 21.8 Å². The molecule has 8 heteroatoms. The number of carbonyl (C=O) groups is 2. The molecule has 0 unspecified atom stereocenters. The molecule has 0 spiro atoms. The molecule has 0 atom stereocenters. The molecule has 0 saturated carbocycles. The molecular weight excluding hydrogens is 594 g/mol. The van der Waals surface area contributed by atoms with E-state index < -0.39 is 5.97 Å². The first-order valence-electron chi connectivity index (χ1n) is 11.4. The maximum atomic E-state index is 12.7. The van der Waals surface area contributed by atoms with Crippen LogP contribution in [0.4, 0.5) is 5.00 Å². The summed E-state index contributed by atoms with van der Waals surface area (Å²) in [7, 11) is 0. The topological polar surface area (TPSA) is 64.6 Å². The lowest BCUT2D eigenvalue weighted by molar-refractivity contribution is -0.116. The Morgan fingerprint density at radius 3 is 2.40 bits per heavy atom. The van der Waals surface area contributed by atoms with Crippen LogP contribution in [0, 0.1) is 0 Å². The largest absolute Gasteiger partial charge is 0.492 e. The third-order valence-electron chi connectivity index (χ3n) is 5.28. The van der Waals surface area contributed by atoms with Gasteiger partial charge in [0.1, 0.15) is 16.3 Å². The van der Waals surface area contributed by atoms with Crippen molar-refractivity contribution < 1.29 is 19.1 Å². The van der Waals surface area contributed by atoms with Crippen LogP contribution in [-0.2, 0) is 14.9 Å². The Bertz CT molecular complexity index is 1180. The van der Waals surface area contributed by atoms with Gasteiger partial charge in [0.25, 0.3) is 0 Å². The average Bonchev–Trinajstić information content (AvgIpc) is 3.21. The molecule has 3 aromatic rings. The van der Waals surface area contributed by atoms with Crippen LogP contribution in [0.2, 0.25) is 0 Å². The Morgan fingerprint density at radius 2 is 1.77 bits per heavy atom. The summed E-state index contributed by atoms with van der Waals surface area (Å²) in [5, 5.41) is 5.25. The molecule has 0 aliphatic rings. The van der Waals surface area contributed by atoms with Crippen molar-refractivity contribution in [2.75, 3.05) is 18.5 Å². The van der Waals surface area contributed by atoms with Crippen LogP contribution in [0.5, 0.6) is 5.75 Å². The van der Waals surface area contributed by atoms with E-state index in [9.17, 15) is 9.59 Å². The molecule has 0 radical (unpaired) electrons. The van der Waals surface area contributed by atoms with E-state index in [0.717, 1.165) is 25.8 Å². The lowest BCUT2D eigenvalue weighted by atomic mass is 9.87. The average molecular weight is 623 g/mol. The van der Waals surface area contributed by atoms with Crippen LogP contribution >= 0.6 is 43.2 Å². The number of ether oxygens (including phenoxy) is 2. The van der Waals surface area contributed by atoms with E-state index in [1.54, 1.807) is 6.92 Å². The highest BCUT2D eigenvalue weighted by Gasteiger charge is 2.23. The Kier molecular flexibility index (Phi) is 9.55. The van der Waals surface area contributed by atoms with Gasteiger partial charge in [-0.05, 0) is 70.1 Å². The summed E-state index contributed by atoms with van der Waals surface area (Å²) >= 11 is 8.32. The van der Waals surface area contributed by atoms with E-state index in [2.05, 4.69) is 70.1 Å². The van der Waals surface area contributed by atoms with Gasteiger partial charge in [-0.25, -0.2) is 4.79 Å². The maximum Gasteiger partial charge on any atom is 0.341 e. The number of halogens is 2. The number of benzene rings is 2. The van der Waals surface area contributed by atoms with E-state index in [-0.39, 0.29) is 24.3 Å². The lowest BCUT2D eigenvalue weighted by Gasteiger charge is -2.20. The van der Waals surface area contributed by atoms with Gasteiger partial charge < -0.3 is 14.8 Å². The Balaban J connectivity index is 1.62. The van der Waals surface area contributed by atoms with Crippen molar-refractivity contribution in [1.82, 2.24) is 0 Å². The second-order valence-corrected chi connectivity index (χ2v) is 11.6. The number of carbonyl (C=O) groups excluding carboxylic acids is 2. The van der Waals surface area contributed by atoms with Gasteiger partial charge in [0.15, 0.2) is 0 Å². The number of rotatable bonds is 9. The molecule has 0 aliphatic carbocycles. The molecule has 3 rings (SSSR count). The molecule has 1 aromatic heterocycles. The number of nitrogens with one attached hydrogen (secondary N) is 1. The molecular formula is C27H29Br2NO4S. The second kappa shape index (κ2) is 12.2. The van der Waals surface area contributed by atoms with Crippen molar-refractivity contribution in [3.05, 3.63) is 67.9 Å². The molecule has 1 N–H and O–H groups in total. The normalized spacial score (nSPS) is 11.3. The van der Waals surface area contributed by atoms with E-state index in [4.69, 9.17) is 9.47 Å². The van der Waals surface area contributed by atoms with Gasteiger partial charge in [-0.1, -0.05) is 54.9 Å². The van der Waals surface area contributed by atoms with Gasteiger partial charge in [-0.3, -0.25) is 4.79 Å². The number of amides is 1. The standard InChI is InChI=1S/C27H29Br2NO4S/c1-5-33-26(32)24-20(17-8-11-19(28)12-9-17)16-35-25(24)30-23(31)7-6-14-34-22-13-10-18(15-21(22)29)27(2,3)4/h8-13,15-16H,5-7,14H2,1-4H3,(H,30,31). The van der Waals surface area contributed by atoms with E-state index in [0.29, 0.717) is 23.6 Å². The SMILES string of the molecule is CCOC(=O)c1c(-c2ccc(Br)cc2)csc1NC(=O)CCCOc1ccc(C(C)(C)C)cc1Br. The molecule has 1 heterocycles. The van der Waals surface area contributed by atoms with Crippen LogP contribution in [0.3, 0.4) is 0 Å². The minimum Gasteiger partial charge on any atom is -0.492 e. The predicted octanol–water partition coefficient (Wildman–Crippen LogP) is 8.21. The van der Waals surface area contributed by atoms with Gasteiger partial charge >= 0.3 is 5.97 Å². The molecule has 0 saturated heterocycles. The zero-order valence-corrected chi connectivity index (χ0v) is 24.2. The Morgan fingerprint density at radius 1 is 1.06 bits per heavy atom. The number of anilines is 1. The fourth-order valence-electron chi connectivity index (χ4n) is 3.39. The summed E-state index contributed by atoms with van der Waals surface area (Å²) in [4.78, 5) is 25.3. The molecule has 186 valence electrons. The van der Waals surface area contributed by atoms with Crippen LogP contribution in [0.15, 0.2) is 56.8 Å². The maximum absolute atomic E-state index is 12.7. The number of thiophene rings is 1. The van der Waals surface area contributed by atoms with Crippen LogP contribution in [0.25, 0.3) is 11.1 Å². The molecule has 0 aliphatic heterocycles. The summed E-state index contributed by atoms with van der Waals surface area (Å²) in [5.74, 6) is 0.125. The fraction of sp³-hybridized carbons (Fsp3) is 0.333. The Hall–Kier alpha value is -2.16. The van der Waals surface area contributed by atoms with E-state index in [1.807, 2.05) is 35.7 Å². The second-order valence-electron chi connectivity index (χ2n) is 8.98. The quantitative estimate of drug-likeness (QED) is 0.193. The van der Waals surface area contributed by atoms with Crippen LogP contribution < -0.4 is 10.1 Å². The highest BCUT2D eigenvalue weighted by atomic mass is 79.9. The van der Waals surface area contributed by atoms with Crippen molar-refractivity contribution in [2.45, 2.75) is 46.0 Å². The van der Waals surface area contributed by atoms with Gasteiger partial charge in [0.05, 0.1) is 17.7 Å². The highest BCUT2D eigenvalue weighted by molar-refractivity contribution is 9.10. The molecule has 1 amide bonds. The van der Waals surface area contributed by atoms with Crippen molar-refractivity contribution >= 4 is 60.1 Å². The van der Waals surface area contributed by atoms with E-state index in [1.165, 1.54) is 16.9 Å². The summed E-state index contributed by atoms with van der Waals surface area (Å²) in [6.07, 6.45) is 0.810. The smallest absolute Gasteiger partial charge is 0.341 e. The number of esters is 1. The monoisotopic (exact) mass is 621 g/mol. The van der Waals surface area contributed by atoms with Crippen LogP contribution in [-0.4, -0.2) is 25.1 Å². The zero-order chi connectivity index (χ0) is 25.6. The fourth-order valence-corrected chi connectivity index (χ4v) is 5.12. The van der Waals surface area contributed by atoms with Crippen molar-refractivity contribution in [3.63, 3.8) is 0 Å². The summed E-state index contributed by atoms with van der Waals surface area (Å²) in [6.45, 7) is 8.91. The number of hydrogen-bond donors (Lipinski definition) is 1. The van der Waals surface area contributed by atoms with Gasteiger partial charge in [-0.15, -0.1) is 11.3 Å². The molecule has 0 fully saturated rings. The first kappa shape index (κ1) is 27.4. The molecule has 35 heavy (non-hydrogen) atoms.